The van der Waals surface area contributed by atoms with E-state index in [2.05, 4.69) is 37.4 Å². The van der Waals surface area contributed by atoms with E-state index in [-0.39, 0.29) is 0 Å². The van der Waals surface area contributed by atoms with Gasteiger partial charge in [-0.15, -0.1) is 0 Å². The monoisotopic (exact) mass is 175 g/mol. The van der Waals surface area contributed by atoms with Crippen LogP contribution in [-0.4, -0.2) is 6.04 Å². The van der Waals surface area contributed by atoms with Crippen LogP contribution in [0, 0.1) is 0 Å². The molecular formula is C12H17N. The molecule has 1 aromatic carbocycles. The SMILES string of the molecule is CCc1cccc2c1C[C@H](C)NC2. The van der Waals surface area contributed by atoms with Crippen molar-refractivity contribution in [2.45, 2.75) is 39.3 Å². The van der Waals surface area contributed by atoms with Crippen molar-refractivity contribution in [3.8, 4) is 0 Å². The first kappa shape index (κ1) is 8.76. The summed E-state index contributed by atoms with van der Waals surface area (Å²) < 4.78 is 0. The molecule has 0 bridgehead atoms. The molecule has 0 fully saturated rings. The first-order valence-corrected chi connectivity index (χ1v) is 5.14. The molecule has 13 heavy (non-hydrogen) atoms. The maximum Gasteiger partial charge on any atom is 0.0210 e. The Balaban J connectivity index is 2.41. The van der Waals surface area contributed by atoms with Gasteiger partial charge in [-0.2, -0.15) is 0 Å². The predicted molar refractivity (Wildman–Crippen MR) is 55.8 cm³/mol. The molecule has 1 heterocycles. The first-order valence-electron chi connectivity index (χ1n) is 5.14. The maximum absolute atomic E-state index is 3.49. The average Bonchev–Trinajstić information content (AvgIpc) is 2.17. The van der Waals surface area contributed by atoms with Crippen LogP contribution in [0.25, 0.3) is 0 Å². The summed E-state index contributed by atoms with van der Waals surface area (Å²) in [7, 11) is 0. The molecule has 1 nitrogen and oxygen atoms in total. The molecule has 1 aromatic rings. The van der Waals surface area contributed by atoms with Crippen molar-refractivity contribution in [3.63, 3.8) is 0 Å². The highest BCUT2D eigenvalue weighted by Gasteiger charge is 2.15. The topological polar surface area (TPSA) is 12.0 Å². The molecule has 1 aliphatic heterocycles. The van der Waals surface area contributed by atoms with Crippen LogP contribution in [-0.2, 0) is 19.4 Å². The molecule has 0 aliphatic carbocycles. The highest BCUT2D eigenvalue weighted by molar-refractivity contribution is 5.37. The van der Waals surface area contributed by atoms with Gasteiger partial charge in [-0.05, 0) is 36.5 Å². The lowest BCUT2D eigenvalue weighted by molar-refractivity contribution is 0.511. The summed E-state index contributed by atoms with van der Waals surface area (Å²) in [6.07, 6.45) is 2.36. The maximum atomic E-state index is 3.49. The molecule has 0 amide bonds. The summed E-state index contributed by atoms with van der Waals surface area (Å²) in [5.41, 5.74) is 4.62. The Kier molecular flexibility index (Phi) is 2.36. The number of nitrogens with one attached hydrogen (secondary N) is 1. The highest BCUT2D eigenvalue weighted by atomic mass is 14.9. The van der Waals surface area contributed by atoms with E-state index < -0.39 is 0 Å². The first-order chi connectivity index (χ1) is 6.31. The molecule has 1 atom stereocenters. The van der Waals surface area contributed by atoms with Gasteiger partial charge in [0, 0.05) is 12.6 Å². The van der Waals surface area contributed by atoms with Crippen LogP contribution in [0.5, 0.6) is 0 Å². The second kappa shape index (κ2) is 3.51. The Bertz CT molecular complexity index is 290. The molecular weight excluding hydrogens is 158 g/mol. The van der Waals surface area contributed by atoms with Gasteiger partial charge in [-0.25, -0.2) is 0 Å². The number of hydrogen-bond acceptors (Lipinski definition) is 1. The van der Waals surface area contributed by atoms with Gasteiger partial charge in [0.2, 0.25) is 0 Å². The van der Waals surface area contributed by atoms with Crippen molar-refractivity contribution in [1.82, 2.24) is 5.32 Å². The largest absolute Gasteiger partial charge is 0.310 e. The summed E-state index contributed by atoms with van der Waals surface area (Å²) in [6, 6.07) is 7.32. The summed E-state index contributed by atoms with van der Waals surface area (Å²) in [4.78, 5) is 0. The van der Waals surface area contributed by atoms with Crippen molar-refractivity contribution in [2.24, 2.45) is 0 Å². The second-order valence-corrected chi connectivity index (χ2v) is 3.89. The van der Waals surface area contributed by atoms with E-state index in [1.807, 2.05) is 0 Å². The third-order valence-corrected chi connectivity index (χ3v) is 2.90. The number of aryl methyl sites for hydroxylation is 1. The van der Waals surface area contributed by atoms with Crippen LogP contribution in [0.1, 0.15) is 30.5 Å². The molecule has 0 spiro atoms. The van der Waals surface area contributed by atoms with E-state index in [9.17, 15) is 0 Å². The lowest BCUT2D eigenvalue weighted by Gasteiger charge is -2.25. The lowest BCUT2D eigenvalue weighted by Crippen LogP contribution is -2.33. The van der Waals surface area contributed by atoms with Gasteiger partial charge in [-0.1, -0.05) is 25.1 Å². The lowest BCUT2D eigenvalue weighted by atomic mass is 9.91. The van der Waals surface area contributed by atoms with Gasteiger partial charge in [-0.3, -0.25) is 0 Å². The van der Waals surface area contributed by atoms with Crippen LogP contribution >= 0.6 is 0 Å². The summed E-state index contributed by atoms with van der Waals surface area (Å²) in [6.45, 7) is 5.54. The van der Waals surface area contributed by atoms with E-state index in [1.165, 1.54) is 17.5 Å². The van der Waals surface area contributed by atoms with Gasteiger partial charge >= 0.3 is 0 Å². The van der Waals surface area contributed by atoms with Crippen molar-refractivity contribution in [3.05, 3.63) is 34.9 Å². The van der Waals surface area contributed by atoms with Gasteiger partial charge in [0.25, 0.3) is 0 Å². The Morgan fingerprint density at radius 1 is 1.46 bits per heavy atom. The van der Waals surface area contributed by atoms with E-state index in [4.69, 9.17) is 0 Å². The standard InChI is InChI=1S/C12H17N/c1-3-10-5-4-6-11-8-13-9(2)7-12(10)11/h4-6,9,13H,3,7-8H2,1-2H3/t9-/m0/s1. The van der Waals surface area contributed by atoms with Gasteiger partial charge in [0.05, 0.1) is 0 Å². The molecule has 0 saturated heterocycles. The third-order valence-electron chi connectivity index (χ3n) is 2.90. The predicted octanol–water partition coefficient (Wildman–Crippen LogP) is 2.28. The van der Waals surface area contributed by atoms with Crippen molar-refractivity contribution < 1.29 is 0 Å². The molecule has 0 saturated carbocycles. The van der Waals surface area contributed by atoms with E-state index in [0.29, 0.717) is 6.04 Å². The molecule has 0 unspecified atom stereocenters. The van der Waals surface area contributed by atoms with Crippen LogP contribution in [0.2, 0.25) is 0 Å². The quantitative estimate of drug-likeness (QED) is 0.690. The zero-order valence-corrected chi connectivity index (χ0v) is 8.43. The third kappa shape index (κ3) is 1.61. The fourth-order valence-corrected chi connectivity index (χ4v) is 2.11. The number of hydrogen-bond donors (Lipinski definition) is 1. The molecule has 70 valence electrons. The second-order valence-electron chi connectivity index (χ2n) is 3.89. The Hall–Kier alpha value is -0.820. The van der Waals surface area contributed by atoms with E-state index >= 15 is 0 Å². The van der Waals surface area contributed by atoms with Crippen LogP contribution in [0.4, 0.5) is 0 Å². The highest BCUT2D eigenvalue weighted by Crippen LogP contribution is 2.21. The minimum absolute atomic E-state index is 0.639. The normalized spacial score (nSPS) is 21.2. The van der Waals surface area contributed by atoms with Crippen LogP contribution in [0.3, 0.4) is 0 Å². The molecule has 0 aromatic heterocycles. The average molecular weight is 175 g/mol. The van der Waals surface area contributed by atoms with Gasteiger partial charge in [0.15, 0.2) is 0 Å². The molecule has 1 N–H and O–H groups in total. The fourth-order valence-electron chi connectivity index (χ4n) is 2.11. The Morgan fingerprint density at radius 2 is 2.31 bits per heavy atom. The summed E-state index contributed by atoms with van der Waals surface area (Å²) in [5.74, 6) is 0. The van der Waals surface area contributed by atoms with Gasteiger partial charge in [0.1, 0.15) is 0 Å². The van der Waals surface area contributed by atoms with Crippen LogP contribution < -0.4 is 5.32 Å². The zero-order valence-electron chi connectivity index (χ0n) is 8.43. The van der Waals surface area contributed by atoms with Crippen molar-refractivity contribution in [2.75, 3.05) is 0 Å². The van der Waals surface area contributed by atoms with E-state index in [1.54, 1.807) is 5.56 Å². The molecule has 2 rings (SSSR count). The number of benzene rings is 1. The summed E-state index contributed by atoms with van der Waals surface area (Å²) >= 11 is 0. The van der Waals surface area contributed by atoms with E-state index in [0.717, 1.165) is 13.0 Å². The smallest absolute Gasteiger partial charge is 0.0210 e. The van der Waals surface area contributed by atoms with Gasteiger partial charge < -0.3 is 5.32 Å². The molecule has 0 radical (unpaired) electrons. The number of fused-ring (bicyclic) bond motifs is 1. The fraction of sp³-hybridized carbons (Fsp3) is 0.500. The Labute approximate surface area is 80.2 Å². The van der Waals surface area contributed by atoms with Crippen LogP contribution in [0.15, 0.2) is 18.2 Å². The zero-order chi connectivity index (χ0) is 9.26. The van der Waals surface area contributed by atoms with Crippen molar-refractivity contribution >= 4 is 0 Å². The Morgan fingerprint density at radius 3 is 3.08 bits per heavy atom. The summed E-state index contributed by atoms with van der Waals surface area (Å²) in [5, 5.41) is 3.49. The number of rotatable bonds is 1. The molecule has 1 heteroatoms. The molecule has 1 aliphatic rings. The minimum atomic E-state index is 0.639. The minimum Gasteiger partial charge on any atom is -0.310 e. The van der Waals surface area contributed by atoms with Crippen molar-refractivity contribution in [1.29, 1.82) is 0 Å².